The number of imide groups is 1. The summed E-state index contributed by atoms with van der Waals surface area (Å²) in [5, 5.41) is 0. The van der Waals surface area contributed by atoms with Gasteiger partial charge in [-0.15, -0.1) is 0 Å². The Bertz CT molecular complexity index is 883. The van der Waals surface area contributed by atoms with Gasteiger partial charge in [0, 0.05) is 25.9 Å². The largest absolute Gasteiger partial charge is 0.277 e. The van der Waals surface area contributed by atoms with Gasteiger partial charge in [0.2, 0.25) is 21.8 Å². The summed E-state index contributed by atoms with van der Waals surface area (Å²) in [6.45, 7) is 12.7. The predicted octanol–water partition coefficient (Wildman–Crippen LogP) is 3.58. The summed E-state index contributed by atoms with van der Waals surface area (Å²) in [4.78, 5) is 25.6. The van der Waals surface area contributed by atoms with Gasteiger partial charge in [0.1, 0.15) is 0 Å². The van der Waals surface area contributed by atoms with E-state index in [1.807, 2.05) is 39.8 Å². The Morgan fingerprint density at radius 3 is 1.66 bits per heavy atom. The van der Waals surface area contributed by atoms with Gasteiger partial charge in [-0.2, -0.15) is 4.31 Å². The van der Waals surface area contributed by atoms with Crippen molar-refractivity contribution >= 4 is 21.8 Å². The summed E-state index contributed by atoms with van der Waals surface area (Å²) in [6, 6.07) is 3.71. The molecule has 160 valence electrons. The molecule has 0 radical (unpaired) electrons. The molecule has 2 heterocycles. The van der Waals surface area contributed by atoms with Crippen molar-refractivity contribution in [1.29, 1.82) is 0 Å². The van der Waals surface area contributed by atoms with Crippen molar-refractivity contribution in [2.24, 2.45) is 0 Å². The number of carbonyl (C=O) groups excluding carboxylic acids is 2. The van der Waals surface area contributed by atoms with E-state index in [0.29, 0.717) is 10.8 Å². The highest BCUT2D eigenvalue weighted by Gasteiger charge is 2.46. The lowest BCUT2D eigenvalue weighted by atomic mass is 9.89. The van der Waals surface area contributed by atoms with E-state index in [4.69, 9.17) is 0 Å². The molecule has 0 unspecified atom stereocenters. The summed E-state index contributed by atoms with van der Waals surface area (Å²) in [6.07, 6.45) is 0.460. The van der Waals surface area contributed by atoms with Gasteiger partial charge >= 0.3 is 0 Å². The molecule has 6 nitrogen and oxygen atoms in total. The van der Waals surface area contributed by atoms with Crippen molar-refractivity contribution < 1.29 is 18.0 Å². The van der Waals surface area contributed by atoms with E-state index < -0.39 is 10.0 Å². The first-order valence-electron chi connectivity index (χ1n) is 10.5. The topological polar surface area (TPSA) is 74.8 Å². The summed E-state index contributed by atoms with van der Waals surface area (Å²) in [5.74, 6) is 0.0556. The standard InChI is InChI=1S/C22H32N2O4S/c1-13(2)16-9-18(14(3)4)22(19(10-16)15(5)6)29(27,28)23-11-17(12-23)24-20(25)7-8-21(24)26/h9-10,13-15,17H,7-8,11-12H2,1-6H3. The van der Waals surface area contributed by atoms with Gasteiger partial charge in [-0.05, 0) is 34.4 Å². The van der Waals surface area contributed by atoms with Crippen molar-refractivity contribution in [2.75, 3.05) is 13.1 Å². The van der Waals surface area contributed by atoms with Gasteiger partial charge in [-0.3, -0.25) is 14.5 Å². The zero-order valence-electron chi connectivity index (χ0n) is 18.2. The van der Waals surface area contributed by atoms with E-state index in [0.717, 1.165) is 16.7 Å². The molecule has 2 fully saturated rings. The SMILES string of the molecule is CC(C)c1cc(C(C)C)c(S(=O)(=O)N2CC(N3C(=O)CCC3=O)C2)c(C(C)C)c1. The first-order valence-corrected chi connectivity index (χ1v) is 11.9. The Labute approximate surface area is 174 Å². The molecule has 0 spiro atoms. The number of hydrogen-bond acceptors (Lipinski definition) is 4. The van der Waals surface area contributed by atoms with Crippen LogP contribution in [0.4, 0.5) is 0 Å². The Balaban J connectivity index is 1.99. The molecule has 2 saturated heterocycles. The zero-order chi connectivity index (χ0) is 21.7. The lowest BCUT2D eigenvalue weighted by molar-refractivity contribution is -0.143. The van der Waals surface area contributed by atoms with E-state index in [1.54, 1.807) is 0 Å². The molecule has 0 aliphatic carbocycles. The van der Waals surface area contributed by atoms with E-state index >= 15 is 0 Å². The van der Waals surface area contributed by atoms with Crippen LogP contribution >= 0.6 is 0 Å². The average molecular weight is 421 g/mol. The third-order valence-corrected chi connectivity index (χ3v) is 7.93. The summed E-state index contributed by atoms with van der Waals surface area (Å²) >= 11 is 0. The maximum Gasteiger partial charge on any atom is 0.243 e. The minimum absolute atomic E-state index is 0.0646. The smallest absolute Gasteiger partial charge is 0.243 e. The first kappa shape index (κ1) is 22.0. The van der Waals surface area contributed by atoms with Crippen LogP contribution in [-0.2, 0) is 19.6 Å². The van der Waals surface area contributed by atoms with Gasteiger partial charge in [0.15, 0.2) is 0 Å². The van der Waals surface area contributed by atoms with E-state index in [-0.39, 0.29) is 55.6 Å². The lowest BCUT2D eigenvalue weighted by Gasteiger charge is -2.42. The second-order valence-electron chi connectivity index (χ2n) is 9.13. The molecular weight excluding hydrogens is 388 g/mol. The number of likely N-dealkylation sites (tertiary alicyclic amines) is 1. The number of carbonyl (C=O) groups is 2. The van der Waals surface area contributed by atoms with Gasteiger partial charge in [-0.1, -0.05) is 53.7 Å². The first-order chi connectivity index (χ1) is 13.4. The molecule has 0 atom stereocenters. The van der Waals surface area contributed by atoms with Crippen LogP contribution in [0.3, 0.4) is 0 Å². The van der Waals surface area contributed by atoms with Crippen LogP contribution in [-0.4, -0.2) is 48.6 Å². The Morgan fingerprint density at radius 2 is 1.28 bits per heavy atom. The molecule has 2 amide bonds. The van der Waals surface area contributed by atoms with Crippen LogP contribution in [0.1, 0.15) is 88.8 Å². The number of benzene rings is 1. The van der Waals surface area contributed by atoms with Crippen molar-refractivity contribution in [3.8, 4) is 0 Å². The molecule has 1 aromatic carbocycles. The predicted molar refractivity (Wildman–Crippen MR) is 112 cm³/mol. The third kappa shape index (κ3) is 3.87. The Kier molecular flexibility index (Phi) is 5.94. The van der Waals surface area contributed by atoms with E-state index in [2.05, 4.69) is 13.8 Å². The Morgan fingerprint density at radius 1 is 0.828 bits per heavy atom. The summed E-state index contributed by atoms with van der Waals surface area (Å²) in [5.41, 5.74) is 2.83. The van der Waals surface area contributed by atoms with Gasteiger partial charge in [-0.25, -0.2) is 8.42 Å². The van der Waals surface area contributed by atoms with E-state index in [1.165, 1.54) is 9.21 Å². The fourth-order valence-corrected chi connectivity index (χ4v) is 6.27. The Hall–Kier alpha value is -1.73. The third-order valence-electron chi connectivity index (χ3n) is 5.96. The molecule has 0 aromatic heterocycles. The molecule has 29 heavy (non-hydrogen) atoms. The molecule has 0 N–H and O–H groups in total. The monoisotopic (exact) mass is 420 g/mol. The minimum atomic E-state index is -3.71. The van der Waals surface area contributed by atoms with Crippen LogP contribution in [0.5, 0.6) is 0 Å². The molecule has 0 bridgehead atoms. The van der Waals surface area contributed by atoms with Crippen LogP contribution in [0.15, 0.2) is 17.0 Å². The number of rotatable bonds is 6. The second kappa shape index (κ2) is 7.84. The number of hydrogen-bond donors (Lipinski definition) is 0. The van der Waals surface area contributed by atoms with Crippen molar-refractivity contribution in [2.45, 2.75) is 83.1 Å². The quantitative estimate of drug-likeness (QED) is 0.659. The number of sulfonamides is 1. The maximum atomic E-state index is 13.6. The fourth-order valence-electron chi connectivity index (χ4n) is 4.09. The molecular formula is C22H32N2O4S. The van der Waals surface area contributed by atoms with Crippen LogP contribution in [0.25, 0.3) is 0 Å². The normalized spacial score (nSPS) is 19.1. The highest BCUT2D eigenvalue weighted by molar-refractivity contribution is 7.89. The summed E-state index contributed by atoms with van der Waals surface area (Å²) < 4.78 is 28.6. The van der Waals surface area contributed by atoms with Crippen molar-refractivity contribution in [3.05, 3.63) is 28.8 Å². The van der Waals surface area contributed by atoms with Crippen molar-refractivity contribution in [3.63, 3.8) is 0 Å². The minimum Gasteiger partial charge on any atom is -0.277 e. The molecule has 7 heteroatoms. The van der Waals surface area contributed by atoms with E-state index in [9.17, 15) is 18.0 Å². The summed E-state index contributed by atoms with van der Waals surface area (Å²) in [7, 11) is -3.71. The molecule has 1 aromatic rings. The highest BCUT2D eigenvalue weighted by Crippen LogP contribution is 2.38. The second-order valence-corrected chi connectivity index (χ2v) is 11.0. The molecule has 3 rings (SSSR count). The number of nitrogens with zero attached hydrogens (tertiary/aromatic N) is 2. The molecule has 0 saturated carbocycles. The maximum absolute atomic E-state index is 13.6. The zero-order valence-corrected chi connectivity index (χ0v) is 19.0. The van der Waals surface area contributed by atoms with Crippen LogP contribution in [0.2, 0.25) is 0 Å². The van der Waals surface area contributed by atoms with Gasteiger partial charge in [0.25, 0.3) is 0 Å². The van der Waals surface area contributed by atoms with Gasteiger partial charge in [0.05, 0.1) is 10.9 Å². The fraction of sp³-hybridized carbons (Fsp3) is 0.636. The van der Waals surface area contributed by atoms with Crippen LogP contribution in [0, 0.1) is 0 Å². The molecule has 2 aliphatic rings. The number of amides is 2. The molecule has 2 aliphatic heterocycles. The van der Waals surface area contributed by atoms with Crippen molar-refractivity contribution in [1.82, 2.24) is 9.21 Å². The highest BCUT2D eigenvalue weighted by atomic mass is 32.2. The lowest BCUT2D eigenvalue weighted by Crippen LogP contribution is -2.62. The average Bonchev–Trinajstić information content (AvgIpc) is 2.91. The van der Waals surface area contributed by atoms with Crippen LogP contribution < -0.4 is 0 Å². The van der Waals surface area contributed by atoms with Gasteiger partial charge < -0.3 is 0 Å².